The van der Waals surface area contributed by atoms with Crippen LogP contribution >= 0.6 is 0 Å². The van der Waals surface area contributed by atoms with Crippen LogP contribution in [0.3, 0.4) is 0 Å². The van der Waals surface area contributed by atoms with E-state index in [0.29, 0.717) is 5.92 Å². The Morgan fingerprint density at radius 1 is 1.10 bits per heavy atom. The van der Waals surface area contributed by atoms with Crippen molar-refractivity contribution in [2.45, 2.75) is 45.6 Å². The van der Waals surface area contributed by atoms with E-state index in [1.807, 2.05) is 0 Å². The van der Waals surface area contributed by atoms with Crippen molar-refractivity contribution >= 4 is 10.9 Å². The van der Waals surface area contributed by atoms with Crippen molar-refractivity contribution in [3.8, 4) is 0 Å². The molecule has 1 aromatic heterocycles. The van der Waals surface area contributed by atoms with Gasteiger partial charge in [0, 0.05) is 23.6 Å². The van der Waals surface area contributed by atoms with E-state index in [9.17, 15) is 0 Å². The van der Waals surface area contributed by atoms with Crippen molar-refractivity contribution in [3.63, 3.8) is 0 Å². The Labute approximate surface area is 121 Å². The smallest absolute Gasteiger partial charge is 0.0483 e. The number of aromatic nitrogens is 1. The molecule has 1 aromatic carbocycles. The molecule has 0 spiro atoms. The van der Waals surface area contributed by atoms with Crippen LogP contribution in [0.25, 0.3) is 10.9 Å². The number of nitrogens with zero attached hydrogens (tertiary/aromatic N) is 1. The SMILES string of the molecule is CC(C)c1ccc2c(c1)c(CCCN)cn2CCCN. The van der Waals surface area contributed by atoms with Crippen molar-refractivity contribution < 1.29 is 0 Å². The molecule has 2 aromatic rings. The number of fused-ring (bicyclic) bond motifs is 1. The maximum absolute atomic E-state index is 5.66. The number of rotatable bonds is 7. The van der Waals surface area contributed by atoms with Crippen LogP contribution in [0.5, 0.6) is 0 Å². The summed E-state index contributed by atoms with van der Waals surface area (Å²) in [6.45, 7) is 6.97. The van der Waals surface area contributed by atoms with Crippen molar-refractivity contribution in [2.24, 2.45) is 11.5 Å². The van der Waals surface area contributed by atoms with Gasteiger partial charge in [-0.1, -0.05) is 19.9 Å². The minimum atomic E-state index is 0.564. The first-order chi connectivity index (χ1) is 9.67. The summed E-state index contributed by atoms with van der Waals surface area (Å²) >= 11 is 0. The highest BCUT2D eigenvalue weighted by Gasteiger charge is 2.10. The fourth-order valence-corrected chi connectivity index (χ4v) is 2.69. The van der Waals surface area contributed by atoms with Crippen LogP contribution in [-0.4, -0.2) is 17.7 Å². The van der Waals surface area contributed by atoms with E-state index >= 15 is 0 Å². The lowest BCUT2D eigenvalue weighted by molar-refractivity contribution is 0.667. The summed E-state index contributed by atoms with van der Waals surface area (Å²) in [6.07, 6.45) is 5.41. The summed E-state index contributed by atoms with van der Waals surface area (Å²) in [7, 11) is 0. The first-order valence-corrected chi connectivity index (χ1v) is 7.69. The fourth-order valence-electron chi connectivity index (χ4n) is 2.69. The predicted octanol–water partition coefficient (Wildman–Crippen LogP) is 3.00. The van der Waals surface area contributed by atoms with E-state index < -0.39 is 0 Å². The number of aryl methyl sites for hydroxylation is 2. The Kier molecular flexibility index (Phi) is 5.21. The molecule has 20 heavy (non-hydrogen) atoms. The minimum Gasteiger partial charge on any atom is -0.347 e. The zero-order valence-electron chi connectivity index (χ0n) is 12.7. The Bertz CT molecular complexity index is 555. The molecule has 2 rings (SSSR count). The lowest BCUT2D eigenvalue weighted by Crippen LogP contribution is -2.04. The quantitative estimate of drug-likeness (QED) is 0.814. The van der Waals surface area contributed by atoms with Gasteiger partial charge in [0.25, 0.3) is 0 Å². The number of hydrogen-bond acceptors (Lipinski definition) is 2. The maximum Gasteiger partial charge on any atom is 0.0483 e. The first-order valence-electron chi connectivity index (χ1n) is 7.69. The first kappa shape index (κ1) is 15.1. The molecular formula is C17H27N3. The third-order valence-electron chi connectivity index (χ3n) is 3.91. The summed E-state index contributed by atoms with van der Waals surface area (Å²) < 4.78 is 2.35. The number of hydrogen-bond donors (Lipinski definition) is 2. The van der Waals surface area contributed by atoms with Crippen LogP contribution in [0.15, 0.2) is 24.4 Å². The van der Waals surface area contributed by atoms with Gasteiger partial charge in [-0.15, -0.1) is 0 Å². The van der Waals surface area contributed by atoms with E-state index in [4.69, 9.17) is 11.5 Å². The molecule has 0 fully saturated rings. The second-order valence-corrected chi connectivity index (χ2v) is 5.81. The summed E-state index contributed by atoms with van der Waals surface area (Å²) in [5.41, 5.74) is 15.5. The normalized spacial score (nSPS) is 11.7. The molecule has 0 unspecified atom stereocenters. The van der Waals surface area contributed by atoms with E-state index in [0.717, 1.165) is 38.9 Å². The van der Waals surface area contributed by atoms with Crippen molar-refractivity contribution in [2.75, 3.05) is 13.1 Å². The highest BCUT2D eigenvalue weighted by Crippen LogP contribution is 2.27. The lowest BCUT2D eigenvalue weighted by atomic mass is 9.99. The molecule has 0 amide bonds. The molecule has 1 heterocycles. The van der Waals surface area contributed by atoms with Crippen LogP contribution in [0.1, 0.15) is 43.7 Å². The van der Waals surface area contributed by atoms with Gasteiger partial charge in [0.05, 0.1) is 0 Å². The monoisotopic (exact) mass is 273 g/mol. The van der Waals surface area contributed by atoms with Gasteiger partial charge in [0.1, 0.15) is 0 Å². The molecule has 0 saturated heterocycles. The van der Waals surface area contributed by atoms with Crippen LogP contribution in [-0.2, 0) is 13.0 Å². The largest absolute Gasteiger partial charge is 0.347 e. The van der Waals surface area contributed by atoms with Crippen molar-refractivity contribution in [3.05, 3.63) is 35.5 Å². The maximum atomic E-state index is 5.66. The second kappa shape index (κ2) is 6.91. The molecule has 0 aliphatic heterocycles. The van der Waals surface area contributed by atoms with Crippen LogP contribution < -0.4 is 11.5 Å². The van der Waals surface area contributed by atoms with Gasteiger partial charge in [-0.3, -0.25) is 0 Å². The van der Waals surface area contributed by atoms with E-state index in [2.05, 4.69) is 42.8 Å². The van der Waals surface area contributed by atoms with Crippen molar-refractivity contribution in [1.29, 1.82) is 0 Å². The highest BCUT2D eigenvalue weighted by molar-refractivity contribution is 5.85. The van der Waals surface area contributed by atoms with Crippen LogP contribution in [0.2, 0.25) is 0 Å². The summed E-state index contributed by atoms with van der Waals surface area (Å²) in [5, 5.41) is 1.39. The van der Waals surface area contributed by atoms with Gasteiger partial charge in [-0.05, 0) is 61.5 Å². The van der Waals surface area contributed by atoms with Gasteiger partial charge in [-0.2, -0.15) is 0 Å². The Balaban J connectivity index is 2.43. The molecule has 0 bridgehead atoms. The molecule has 4 N–H and O–H groups in total. The highest BCUT2D eigenvalue weighted by atomic mass is 15.0. The van der Waals surface area contributed by atoms with Gasteiger partial charge >= 0.3 is 0 Å². The van der Waals surface area contributed by atoms with E-state index in [1.54, 1.807) is 0 Å². The molecule has 3 nitrogen and oxygen atoms in total. The topological polar surface area (TPSA) is 57.0 Å². The summed E-state index contributed by atoms with van der Waals surface area (Å²) in [4.78, 5) is 0. The Hall–Kier alpha value is -1.32. The van der Waals surface area contributed by atoms with Gasteiger partial charge in [0.2, 0.25) is 0 Å². The molecule has 3 heteroatoms. The third-order valence-corrected chi connectivity index (χ3v) is 3.91. The van der Waals surface area contributed by atoms with Gasteiger partial charge < -0.3 is 16.0 Å². The standard InChI is InChI=1S/C17H27N3/c1-13(2)14-6-7-17-16(11-14)15(5-3-8-18)12-20(17)10-4-9-19/h6-7,11-13H,3-5,8-10,18-19H2,1-2H3. The Morgan fingerprint density at radius 3 is 2.50 bits per heavy atom. The molecule has 0 aliphatic rings. The van der Waals surface area contributed by atoms with E-state index in [1.165, 1.54) is 22.0 Å². The number of benzene rings is 1. The zero-order chi connectivity index (χ0) is 14.5. The number of nitrogens with two attached hydrogens (primary N) is 2. The molecule has 0 atom stereocenters. The molecule has 0 radical (unpaired) electrons. The molecule has 0 saturated carbocycles. The molecular weight excluding hydrogens is 246 g/mol. The van der Waals surface area contributed by atoms with E-state index in [-0.39, 0.29) is 0 Å². The summed E-state index contributed by atoms with van der Waals surface area (Å²) in [5.74, 6) is 0.564. The minimum absolute atomic E-state index is 0.564. The van der Waals surface area contributed by atoms with Crippen LogP contribution in [0, 0.1) is 0 Å². The van der Waals surface area contributed by atoms with Gasteiger partial charge in [-0.25, -0.2) is 0 Å². The average Bonchev–Trinajstić information content (AvgIpc) is 2.80. The second-order valence-electron chi connectivity index (χ2n) is 5.81. The third kappa shape index (κ3) is 3.22. The fraction of sp³-hybridized carbons (Fsp3) is 0.529. The van der Waals surface area contributed by atoms with Crippen LogP contribution in [0.4, 0.5) is 0 Å². The predicted molar refractivity (Wildman–Crippen MR) is 87.1 cm³/mol. The van der Waals surface area contributed by atoms with Crippen molar-refractivity contribution in [1.82, 2.24) is 4.57 Å². The zero-order valence-corrected chi connectivity index (χ0v) is 12.7. The lowest BCUT2D eigenvalue weighted by Gasteiger charge is -2.08. The van der Waals surface area contributed by atoms with Gasteiger partial charge in [0.15, 0.2) is 0 Å². The molecule has 0 aliphatic carbocycles. The summed E-state index contributed by atoms with van der Waals surface area (Å²) in [6, 6.07) is 6.86. The average molecular weight is 273 g/mol. The Morgan fingerprint density at radius 2 is 1.85 bits per heavy atom. The molecule has 110 valence electrons.